The lowest BCUT2D eigenvalue weighted by atomic mass is 9.79. The Balaban J connectivity index is 1.90. The van der Waals surface area contributed by atoms with Crippen molar-refractivity contribution in [3.63, 3.8) is 0 Å². The number of morpholine rings is 1. The molecular weight excluding hydrogens is 200 g/mol. The van der Waals surface area contributed by atoms with Crippen LogP contribution in [0.15, 0.2) is 0 Å². The zero-order valence-corrected chi connectivity index (χ0v) is 10.7. The molecule has 2 rings (SSSR count). The third kappa shape index (κ3) is 2.96. The van der Waals surface area contributed by atoms with Crippen LogP contribution in [0.3, 0.4) is 0 Å². The van der Waals surface area contributed by atoms with E-state index in [2.05, 4.69) is 18.7 Å². The molecule has 3 nitrogen and oxygen atoms in total. The van der Waals surface area contributed by atoms with Crippen LogP contribution in [0.2, 0.25) is 0 Å². The van der Waals surface area contributed by atoms with Crippen molar-refractivity contribution in [3.05, 3.63) is 0 Å². The molecule has 3 atom stereocenters. The van der Waals surface area contributed by atoms with E-state index in [9.17, 15) is 0 Å². The second kappa shape index (κ2) is 5.48. The van der Waals surface area contributed by atoms with Crippen molar-refractivity contribution in [1.82, 2.24) is 4.90 Å². The molecule has 2 aliphatic rings. The van der Waals surface area contributed by atoms with Gasteiger partial charge in [-0.05, 0) is 31.1 Å². The molecule has 16 heavy (non-hydrogen) atoms. The van der Waals surface area contributed by atoms with Crippen LogP contribution in [-0.4, -0.2) is 43.3 Å². The Morgan fingerprint density at radius 3 is 2.50 bits per heavy atom. The molecule has 2 fully saturated rings. The average Bonchev–Trinajstić information content (AvgIpc) is 2.28. The van der Waals surface area contributed by atoms with Gasteiger partial charge in [0.2, 0.25) is 0 Å². The van der Waals surface area contributed by atoms with E-state index in [1.54, 1.807) is 0 Å². The monoisotopic (exact) mass is 226 g/mol. The second-order valence-corrected chi connectivity index (χ2v) is 5.79. The van der Waals surface area contributed by atoms with E-state index in [4.69, 9.17) is 10.5 Å². The summed E-state index contributed by atoms with van der Waals surface area (Å²) in [5, 5.41) is 0. The van der Waals surface area contributed by atoms with Crippen LogP contribution in [0.5, 0.6) is 0 Å². The zero-order chi connectivity index (χ0) is 11.5. The molecule has 0 radical (unpaired) electrons. The maximum Gasteiger partial charge on any atom is 0.0824 e. The largest absolute Gasteiger partial charge is 0.374 e. The van der Waals surface area contributed by atoms with Crippen LogP contribution in [-0.2, 0) is 4.74 Å². The van der Waals surface area contributed by atoms with Gasteiger partial charge in [-0.3, -0.25) is 4.90 Å². The Morgan fingerprint density at radius 2 is 1.88 bits per heavy atom. The molecule has 3 heteroatoms. The van der Waals surface area contributed by atoms with E-state index < -0.39 is 0 Å². The van der Waals surface area contributed by atoms with Crippen molar-refractivity contribution in [2.24, 2.45) is 17.6 Å². The smallest absolute Gasteiger partial charge is 0.0824 e. The van der Waals surface area contributed by atoms with Gasteiger partial charge in [0.25, 0.3) is 0 Å². The molecule has 1 aliphatic heterocycles. The summed E-state index contributed by atoms with van der Waals surface area (Å²) < 4.78 is 5.64. The summed E-state index contributed by atoms with van der Waals surface area (Å²) in [6.07, 6.45) is 4.39. The van der Waals surface area contributed by atoms with Gasteiger partial charge in [-0.15, -0.1) is 0 Å². The summed E-state index contributed by atoms with van der Waals surface area (Å²) in [6, 6.07) is 0.775. The van der Waals surface area contributed by atoms with Crippen LogP contribution < -0.4 is 5.73 Å². The Bertz CT molecular complexity index is 212. The minimum atomic E-state index is 0.265. The third-order valence-electron chi connectivity index (χ3n) is 4.10. The molecule has 1 saturated heterocycles. The number of rotatable bonds is 2. The lowest BCUT2D eigenvalue weighted by molar-refractivity contribution is -0.0496. The zero-order valence-electron chi connectivity index (χ0n) is 10.7. The summed E-state index contributed by atoms with van der Waals surface area (Å²) in [4.78, 5) is 2.62. The fourth-order valence-corrected chi connectivity index (χ4v) is 3.42. The van der Waals surface area contributed by atoms with Crippen LogP contribution in [0.1, 0.15) is 33.1 Å². The molecule has 3 unspecified atom stereocenters. The first-order valence-electron chi connectivity index (χ1n) is 6.74. The first-order valence-corrected chi connectivity index (χ1v) is 6.74. The van der Waals surface area contributed by atoms with Crippen LogP contribution in [0.25, 0.3) is 0 Å². The maximum absolute atomic E-state index is 5.70. The molecule has 1 saturated carbocycles. The van der Waals surface area contributed by atoms with E-state index in [1.807, 2.05) is 0 Å². The third-order valence-corrected chi connectivity index (χ3v) is 4.10. The normalized spacial score (nSPS) is 42.2. The molecule has 0 aromatic heterocycles. The van der Waals surface area contributed by atoms with E-state index in [-0.39, 0.29) is 6.10 Å². The Labute approximate surface area is 99.3 Å². The maximum atomic E-state index is 5.70. The highest BCUT2D eigenvalue weighted by atomic mass is 16.5. The van der Waals surface area contributed by atoms with E-state index >= 15 is 0 Å². The highest BCUT2D eigenvalue weighted by Gasteiger charge is 2.31. The van der Waals surface area contributed by atoms with Gasteiger partial charge in [0, 0.05) is 25.7 Å². The van der Waals surface area contributed by atoms with Crippen molar-refractivity contribution in [2.75, 3.05) is 26.2 Å². The quantitative estimate of drug-likeness (QED) is 0.775. The second-order valence-electron chi connectivity index (χ2n) is 5.79. The predicted molar refractivity (Wildman–Crippen MR) is 66.3 cm³/mol. The van der Waals surface area contributed by atoms with Crippen molar-refractivity contribution in [2.45, 2.75) is 45.3 Å². The van der Waals surface area contributed by atoms with Gasteiger partial charge in [0.05, 0.1) is 12.7 Å². The van der Waals surface area contributed by atoms with E-state index in [0.29, 0.717) is 6.54 Å². The molecular formula is C13H26N2O. The standard InChI is InChI=1S/C13H26N2O/c1-10-5-11(2)7-12(6-10)15-3-4-16-13(8-14)9-15/h10-13H,3-9,14H2,1-2H3. The average molecular weight is 226 g/mol. The van der Waals surface area contributed by atoms with Gasteiger partial charge in [-0.1, -0.05) is 13.8 Å². The van der Waals surface area contributed by atoms with Crippen molar-refractivity contribution < 1.29 is 4.74 Å². The molecule has 1 heterocycles. The summed E-state index contributed by atoms with van der Waals surface area (Å²) in [5.41, 5.74) is 5.70. The molecule has 0 bridgehead atoms. The van der Waals surface area contributed by atoms with Gasteiger partial charge >= 0.3 is 0 Å². The molecule has 0 spiro atoms. The molecule has 94 valence electrons. The van der Waals surface area contributed by atoms with Crippen LogP contribution in [0.4, 0.5) is 0 Å². The summed E-state index contributed by atoms with van der Waals surface area (Å²) in [5.74, 6) is 1.76. The summed E-state index contributed by atoms with van der Waals surface area (Å²) in [6.45, 7) is 8.45. The van der Waals surface area contributed by atoms with Crippen molar-refractivity contribution in [3.8, 4) is 0 Å². The van der Waals surface area contributed by atoms with E-state index in [0.717, 1.165) is 37.6 Å². The van der Waals surface area contributed by atoms with Gasteiger partial charge in [0.1, 0.15) is 0 Å². The van der Waals surface area contributed by atoms with Gasteiger partial charge < -0.3 is 10.5 Å². The highest BCUT2D eigenvalue weighted by Crippen LogP contribution is 2.32. The summed E-state index contributed by atoms with van der Waals surface area (Å²) >= 11 is 0. The van der Waals surface area contributed by atoms with Gasteiger partial charge in [-0.25, -0.2) is 0 Å². The molecule has 0 aromatic rings. The van der Waals surface area contributed by atoms with Crippen molar-refractivity contribution in [1.29, 1.82) is 0 Å². The van der Waals surface area contributed by atoms with Crippen LogP contribution in [0, 0.1) is 11.8 Å². The predicted octanol–water partition coefficient (Wildman–Crippen LogP) is 1.47. The molecule has 2 N–H and O–H groups in total. The Hall–Kier alpha value is -0.120. The molecule has 0 amide bonds. The fraction of sp³-hybridized carbons (Fsp3) is 1.00. The fourth-order valence-electron chi connectivity index (χ4n) is 3.42. The van der Waals surface area contributed by atoms with Crippen molar-refractivity contribution >= 4 is 0 Å². The van der Waals surface area contributed by atoms with E-state index in [1.165, 1.54) is 19.3 Å². The number of ether oxygens (including phenoxy) is 1. The molecule has 1 aliphatic carbocycles. The summed E-state index contributed by atoms with van der Waals surface area (Å²) in [7, 11) is 0. The molecule has 0 aromatic carbocycles. The topological polar surface area (TPSA) is 38.5 Å². The lowest BCUT2D eigenvalue weighted by Gasteiger charge is -2.42. The lowest BCUT2D eigenvalue weighted by Crippen LogP contribution is -2.51. The minimum Gasteiger partial charge on any atom is -0.374 e. The minimum absolute atomic E-state index is 0.265. The number of nitrogens with zero attached hydrogens (tertiary/aromatic N) is 1. The Kier molecular flexibility index (Phi) is 4.22. The van der Waals surface area contributed by atoms with Gasteiger partial charge in [0.15, 0.2) is 0 Å². The number of hydrogen-bond acceptors (Lipinski definition) is 3. The highest BCUT2D eigenvalue weighted by molar-refractivity contribution is 4.85. The first kappa shape index (κ1) is 12.3. The SMILES string of the molecule is CC1CC(C)CC(N2CCOC(CN)C2)C1. The number of hydrogen-bond donors (Lipinski definition) is 1. The van der Waals surface area contributed by atoms with Gasteiger partial charge in [-0.2, -0.15) is 0 Å². The van der Waals surface area contributed by atoms with Crippen LogP contribution >= 0.6 is 0 Å². The Morgan fingerprint density at radius 1 is 1.19 bits per heavy atom. The first-order chi connectivity index (χ1) is 7.69. The number of nitrogens with two attached hydrogens (primary N) is 1.